The molecule has 0 aromatic heterocycles. The first-order valence-electron chi connectivity index (χ1n) is 19.8. The summed E-state index contributed by atoms with van der Waals surface area (Å²) in [7, 11) is 1.70. The van der Waals surface area contributed by atoms with Crippen molar-refractivity contribution in [2.75, 3.05) is 13.9 Å². The number of hydrogen-bond donors (Lipinski definition) is 0. The molecule has 6 fully saturated rings. The Hall–Kier alpha value is -2.28. The molecule has 6 nitrogen and oxygen atoms in total. The molecule has 8 aliphatic carbocycles. The third-order valence-electron chi connectivity index (χ3n) is 17.2. The van der Waals surface area contributed by atoms with Gasteiger partial charge < -0.3 is 19.1 Å². The summed E-state index contributed by atoms with van der Waals surface area (Å²) in [5.41, 5.74) is 4.42. The van der Waals surface area contributed by atoms with Gasteiger partial charge in [0, 0.05) is 20.0 Å². The number of methoxy groups -OCH3 is 1. The Labute approximate surface area is 295 Å². The van der Waals surface area contributed by atoms with Crippen LogP contribution in [0.15, 0.2) is 22.5 Å². The van der Waals surface area contributed by atoms with Gasteiger partial charge in [-0.2, -0.15) is 0 Å². The Bertz CT molecular complexity index is 1530. The second-order valence-electron chi connectivity index (χ2n) is 18.6. The van der Waals surface area contributed by atoms with E-state index in [0.29, 0.717) is 66.2 Å². The standard InChI is InChI=1S/C22H31NO3.C21H29NO/c1-21-12-10-18(24)20(23-3)17(21)6-5-14-15-7-8-19(26-13-25-4)22(15,2)11-9-16(14)21;1-13-5-7-15-14-6-8-17-19(22-4)18(23)10-12-21(17,3)16(14)9-11-20(13,15)2/h14-16,19H,5-13H2,1-2,4H3;13-16H,5-12H2,1-3H3/t14?,15?,16?,19?,21-,22+;13?,14?,15?,16?,20-,21-/m00/s1. The molecule has 0 spiro atoms. The molecule has 8 aliphatic rings. The first-order chi connectivity index (χ1) is 23.4. The number of ether oxygens (including phenoxy) is 2. The number of nitrogens with zero attached hydrogens (tertiary/aromatic N) is 2. The molecular formula is C43H60N2O4. The lowest BCUT2D eigenvalue weighted by atomic mass is 9.46. The predicted octanol–water partition coefficient (Wildman–Crippen LogP) is 10.2. The van der Waals surface area contributed by atoms with Crippen molar-refractivity contribution < 1.29 is 19.1 Å². The number of fused-ring (bicyclic) bond motifs is 10. The molecule has 0 radical (unpaired) electrons. The van der Waals surface area contributed by atoms with Gasteiger partial charge in [0.2, 0.25) is 11.4 Å². The minimum Gasteiger partial charge on any atom is -0.359 e. The first kappa shape index (κ1) is 35.1. The number of carbonyl (C=O) groups is 2. The number of ketones is 2. The molecular weight excluding hydrogens is 608 g/mol. The molecule has 6 heteroatoms. The van der Waals surface area contributed by atoms with Gasteiger partial charge in [-0.15, -0.1) is 0 Å². The van der Waals surface area contributed by atoms with Crippen molar-refractivity contribution in [3.05, 3.63) is 45.4 Å². The Balaban J connectivity index is 0.000000155. The van der Waals surface area contributed by atoms with Gasteiger partial charge in [-0.3, -0.25) is 0 Å². The lowest BCUT2D eigenvalue weighted by molar-refractivity contribution is -0.138. The summed E-state index contributed by atoms with van der Waals surface area (Å²) in [6.07, 6.45) is 17.9. The topological polar surface area (TPSA) is 61.3 Å². The van der Waals surface area contributed by atoms with Crippen LogP contribution in [0, 0.1) is 76.2 Å². The SMILES string of the molecule is [C-]#[N+]C1=C2CCC3C4CCC(C)[C@]4(C)CCC3[C@]2(C)CCC1=O.[C-]#[N+]C1=C2CCC3C4CCC(OCOC)[C@]4(C)CCC3[C@]2(C)CCC1=O. The number of allylic oxidation sites excluding steroid dienone is 2. The quantitative estimate of drug-likeness (QED) is 0.222. The van der Waals surface area contributed by atoms with E-state index in [9.17, 15) is 9.59 Å². The maximum Gasteiger partial charge on any atom is 0.229 e. The highest BCUT2D eigenvalue weighted by atomic mass is 16.7. The molecule has 0 aromatic rings. The highest BCUT2D eigenvalue weighted by Crippen LogP contribution is 2.68. The number of rotatable bonds is 3. The molecule has 8 unspecified atom stereocenters. The number of carbonyl (C=O) groups excluding carboxylic acids is 2. The van der Waals surface area contributed by atoms with E-state index in [2.05, 4.69) is 44.3 Å². The van der Waals surface area contributed by atoms with Crippen molar-refractivity contribution in [2.24, 2.45) is 63.1 Å². The highest BCUT2D eigenvalue weighted by Gasteiger charge is 2.61. The van der Waals surface area contributed by atoms with Gasteiger partial charge in [-0.25, -0.2) is 9.69 Å². The number of Topliss-reactive ketones (excluding diaryl/α,β-unsaturated/α-hetero) is 2. The lowest BCUT2D eigenvalue weighted by Crippen LogP contribution is -2.52. The van der Waals surface area contributed by atoms with Crippen LogP contribution >= 0.6 is 0 Å². The van der Waals surface area contributed by atoms with Crippen LogP contribution < -0.4 is 0 Å². The van der Waals surface area contributed by atoms with Gasteiger partial charge in [-0.05, 0) is 153 Å². The summed E-state index contributed by atoms with van der Waals surface area (Å²) < 4.78 is 11.2. The molecule has 0 amide bonds. The zero-order valence-corrected chi connectivity index (χ0v) is 31.2. The van der Waals surface area contributed by atoms with Crippen molar-refractivity contribution in [1.29, 1.82) is 0 Å². The molecule has 0 aromatic carbocycles. The van der Waals surface area contributed by atoms with E-state index in [1.807, 2.05) is 0 Å². The summed E-state index contributed by atoms with van der Waals surface area (Å²) in [5.74, 6) is 5.51. The minimum atomic E-state index is 0.0590. The van der Waals surface area contributed by atoms with E-state index >= 15 is 0 Å². The Kier molecular flexibility index (Phi) is 9.13. The molecule has 0 aliphatic heterocycles. The van der Waals surface area contributed by atoms with E-state index in [-0.39, 0.29) is 27.8 Å². The van der Waals surface area contributed by atoms with E-state index in [0.717, 1.165) is 56.3 Å². The normalized spacial score (nSPS) is 46.9. The average Bonchev–Trinajstić information content (AvgIpc) is 3.59. The van der Waals surface area contributed by atoms with Crippen LogP contribution in [-0.4, -0.2) is 31.6 Å². The van der Waals surface area contributed by atoms with Crippen LogP contribution in [0.3, 0.4) is 0 Å². The first-order valence-corrected chi connectivity index (χ1v) is 19.8. The maximum absolute atomic E-state index is 12.3. The fourth-order valence-electron chi connectivity index (χ4n) is 14.3. The van der Waals surface area contributed by atoms with Crippen LogP contribution in [0.5, 0.6) is 0 Å². The van der Waals surface area contributed by atoms with Crippen molar-refractivity contribution >= 4 is 11.6 Å². The molecule has 12 atom stereocenters. The minimum absolute atomic E-state index is 0.0590. The van der Waals surface area contributed by atoms with Crippen molar-refractivity contribution in [3.8, 4) is 0 Å². The van der Waals surface area contributed by atoms with E-state index in [1.54, 1.807) is 7.11 Å². The van der Waals surface area contributed by atoms with Gasteiger partial charge in [0.15, 0.2) is 11.6 Å². The Morgan fingerprint density at radius 2 is 1.12 bits per heavy atom. The van der Waals surface area contributed by atoms with Gasteiger partial charge >= 0.3 is 0 Å². The second kappa shape index (κ2) is 12.7. The fourth-order valence-corrected chi connectivity index (χ4v) is 14.3. The zero-order valence-electron chi connectivity index (χ0n) is 31.2. The smallest absolute Gasteiger partial charge is 0.229 e. The largest absolute Gasteiger partial charge is 0.359 e. The van der Waals surface area contributed by atoms with Crippen molar-refractivity contribution in [3.63, 3.8) is 0 Å². The van der Waals surface area contributed by atoms with Crippen LogP contribution in [0.4, 0.5) is 0 Å². The summed E-state index contributed by atoms with van der Waals surface area (Å²) in [6.45, 7) is 27.6. The maximum atomic E-state index is 12.3. The molecule has 0 N–H and O–H groups in total. The summed E-state index contributed by atoms with van der Waals surface area (Å²) in [6, 6.07) is 0. The summed E-state index contributed by atoms with van der Waals surface area (Å²) in [4.78, 5) is 31.8. The van der Waals surface area contributed by atoms with E-state index < -0.39 is 0 Å². The Morgan fingerprint density at radius 3 is 1.63 bits per heavy atom. The molecule has 0 bridgehead atoms. The van der Waals surface area contributed by atoms with E-state index in [1.165, 1.54) is 62.5 Å². The van der Waals surface area contributed by atoms with E-state index in [4.69, 9.17) is 22.6 Å². The predicted molar refractivity (Wildman–Crippen MR) is 190 cm³/mol. The van der Waals surface area contributed by atoms with Gasteiger partial charge in [0.1, 0.15) is 6.79 Å². The van der Waals surface area contributed by atoms with Crippen LogP contribution in [0.1, 0.15) is 137 Å². The van der Waals surface area contributed by atoms with Gasteiger partial charge in [0.25, 0.3) is 0 Å². The third-order valence-corrected chi connectivity index (χ3v) is 17.2. The third kappa shape index (κ3) is 5.19. The molecule has 8 rings (SSSR count). The Morgan fingerprint density at radius 1 is 0.633 bits per heavy atom. The summed E-state index contributed by atoms with van der Waals surface area (Å²) >= 11 is 0. The van der Waals surface area contributed by atoms with Crippen LogP contribution in [0.25, 0.3) is 9.69 Å². The highest BCUT2D eigenvalue weighted by molar-refractivity contribution is 5.99. The summed E-state index contributed by atoms with van der Waals surface area (Å²) in [5, 5.41) is 0. The lowest BCUT2D eigenvalue weighted by Gasteiger charge is -2.58. The molecule has 6 saturated carbocycles. The fraction of sp³-hybridized carbons (Fsp3) is 0.814. The average molecular weight is 669 g/mol. The number of hydrogen-bond acceptors (Lipinski definition) is 4. The molecule has 0 heterocycles. The molecule has 266 valence electrons. The van der Waals surface area contributed by atoms with Crippen molar-refractivity contribution in [1.82, 2.24) is 0 Å². The van der Waals surface area contributed by atoms with Crippen molar-refractivity contribution in [2.45, 2.75) is 143 Å². The van der Waals surface area contributed by atoms with Crippen LogP contribution in [0.2, 0.25) is 0 Å². The zero-order chi connectivity index (χ0) is 34.9. The molecule has 49 heavy (non-hydrogen) atoms. The monoisotopic (exact) mass is 668 g/mol. The van der Waals surface area contributed by atoms with Crippen LogP contribution in [-0.2, 0) is 19.1 Å². The second-order valence-corrected chi connectivity index (χ2v) is 18.6. The van der Waals surface area contributed by atoms with Gasteiger partial charge in [-0.1, -0.05) is 45.8 Å². The van der Waals surface area contributed by atoms with Gasteiger partial charge in [0.05, 0.1) is 19.2 Å². The molecule has 0 saturated heterocycles.